The first-order valence-electron chi connectivity index (χ1n) is 21.2. The lowest BCUT2D eigenvalue weighted by atomic mass is 9.77. The van der Waals surface area contributed by atoms with Gasteiger partial charge in [-0.1, -0.05) is 243 Å². The van der Waals surface area contributed by atoms with Gasteiger partial charge in [0.15, 0.2) is 0 Å². The normalized spacial score (nSPS) is 11.4. The Bertz CT molecular complexity index is 3260. The highest BCUT2D eigenvalue weighted by molar-refractivity contribution is 6.22. The van der Waals surface area contributed by atoms with Gasteiger partial charge in [-0.2, -0.15) is 0 Å². The van der Waals surface area contributed by atoms with Crippen molar-refractivity contribution >= 4 is 32.3 Å². The summed E-state index contributed by atoms with van der Waals surface area (Å²) in [7, 11) is 0. The third-order valence-corrected chi connectivity index (χ3v) is 12.4. The number of benzene rings is 11. The zero-order valence-corrected chi connectivity index (χ0v) is 33.7. The molecule has 0 spiro atoms. The van der Waals surface area contributed by atoms with Crippen LogP contribution in [0.2, 0.25) is 0 Å². The van der Waals surface area contributed by atoms with Crippen LogP contribution in [0.15, 0.2) is 249 Å². The first kappa shape index (κ1) is 36.3. The summed E-state index contributed by atoms with van der Waals surface area (Å²) in [6, 6.07) is 91.3. The van der Waals surface area contributed by atoms with Crippen LogP contribution < -0.4 is 0 Å². The highest BCUT2D eigenvalue weighted by Crippen LogP contribution is 2.53. The molecule has 0 aromatic heterocycles. The molecule has 0 nitrogen and oxygen atoms in total. The Morgan fingerprint density at radius 3 is 1.18 bits per heavy atom. The number of fused-ring (bicyclic) bond motifs is 4. The average Bonchev–Trinajstić information content (AvgIpc) is 3.34. The Morgan fingerprint density at radius 2 is 0.656 bits per heavy atom. The van der Waals surface area contributed by atoms with E-state index in [2.05, 4.69) is 249 Å². The van der Waals surface area contributed by atoms with Gasteiger partial charge in [-0.05, 0) is 111 Å². The van der Waals surface area contributed by atoms with Gasteiger partial charge in [0.05, 0.1) is 0 Å². The molecule has 0 amide bonds. The van der Waals surface area contributed by atoms with Gasteiger partial charge in [0.1, 0.15) is 0 Å². The van der Waals surface area contributed by atoms with Gasteiger partial charge in [-0.15, -0.1) is 0 Å². The highest BCUT2D eigenvalue weighted by atomic mass is 14.3. The summed E-state index contributed by atoms with van der Waals surface area (Å²) in [6.45, 7) is 0. The Labute approximate surface area is 357 Å². The summed E-state index contributed by atoms with van der Waals surface area (Å²) in [5.74, 6) is 0.152. The van der Waals surface area contributed by atoms with Crippen LogP contribution in [0.5, 0.6) is 0 Å². The molecule has 0 bridgehead atoms. The van der Waals surface area contributed by atoms with E-state index in [1.807, 2.05) is 0 Å². The zero-order chi connectivity index (χ0) is 40.5. The third kappa shape index (κ3) is 6.60. The monoisotopic (exact) mass is 774 g/mol. The van der Waals surface area contributed by atoms with Crippen molar-refractivity contribution in [1.29, 1.82) is 0 Å². The highest BCUT2D eigenvalue weighted by Gasteiger charge is 2.26. The summed E-state index contributed by atoms with van der Waals surface area (Å²) in [5, 5.41) is 7.49. The lowest BCUT2D eigenvalue weighted by Gasteiger charge is -2.26. The van der Waals surface area contributed by atoms with E-state index in [4.69, 9.17) is 0 Å². The van der Waals surface area contributed by atoms with Crippen molar-refractivity contribution in [2.24, 2.45) is 0 Å². The smallest absolute Gasteiger partial charge is 0.0340 e. The molecular weight excluding hydrogens is 733 g/mol. The Morgan fingerprint density at radius 1 is 0.230 bits per heavy atom. The van der Waals surface area contributed by atoms with Gasteiger partial charge in [0.2, 0.25) is 0 Å². The summed E-state index contributed by atoms with van der Waals surface area (Å²) in [5.41, 5.74) is 16.1. The standard InChI is InChI=1S/C61H42/c1-7-20-42(21-8-1)56(43-22-9-2-10-23-43)51-37-39-53-49(41-51)35-34-48-40-50(36-38-52(48)53)54-32-19-33-55-57(44-24-11-3-12-25-44)58(45-26-13-4-14-27-45)59(46-28-15-5-16-29-46)60(61(54)55)47-30-17-6-18-31-47/h1-41,56H. The molecule has 0 fully saturated rings. The molecule has 11 rings (SSSR count). The van der Waals surface area contributed by atoms with Crippen molar-refractivity contribution in [2.45, 2.75) is 5.92 Å². The Kier molecular flexibility index (Phi) is 9.37. The number of rotatable bonds is 8. The van der Waals surface area contributed by atoms with Crippen molar-refractivity contribution in [3.63, 3.8) is 0 Å². The van der Waals surface area contributed by atoms with E-state index in [0.717, 1.165) is 0 Å². The topological polar surface area (TPSA) is 0 Å². The van der Waals surface area contributed by atoms with Gasteiger partial charge in [-0.3, -0.25) is 0 Å². The van der Waals surface area contributed by atoms with Crippen LogP contribution in [0, 0.1) is 0 Å². The second-order valence-electron chi connectivity index (χ2n) is 15.9. The first-order chi connectivity index (χ1) is 30.3. The Balaban J connectivity index is 1.16. The van der Waals surface area contributed by atoms with Gasteiger partial charge in [0, 0.05) is 5.92 Å². The molecule has 0 radical (unpaired) electrons. The van der Waals surface area contributed by atoms with Crippen molar-refractivity contribution < 1.29 is 0 Å². The number of hydrogen-bond acceptors (Lipinski definition) is 0. The maximum absolute atomic E-state index is 2.40. The van der Waals surface area contributed by atoms with E-state index in [1.165, 1.54) is 105 Å². The summed E-state index contributed by atoms with van der Waals surface area (Å²) in [6.07, 6.45) is 0. The van der Waals surface area contributed by atoms with Gasteiger partial charge >= 0.3 is 0 Å². The fraction of sp³-hybridized carbons (Fsp3) is 0.0164. The summed E-state index contributed by atoms with van der Waals surface area (Å²) >= 11 is 0. The summed E-state index contributed by atoms with van der Waals surface area (Å²) < 4.78 is 0. The second-order valence-corrected chi connectivity index (χ2v) is 15.9. The quantitative estimate of drug-likeness (QED) is 0.107. The van der Waals surface area contributed by atoms with Crippen molar-refractivity contribution in [3.05, 3.63) is 265 Å². The zero-order valence-electron chi connectivity index (χ0n) is 33.7. The van der Waals surface area contributed by atoms with Crippen LogP contribution in [0.25, 0.3) is 88.0 Å². The molecule has 0 unspecified atom stereocenters. The van der Waals surface area contributed by atoms with Crippen LogP contribution in [0.4, 0.5) is 0 Å². The van der Waals surface area contributed by atoms with Crippen molar-refractivity contribution in [2.75, 3.05) is 0 Å². The van der Waals surface area contributed by atoms with E-state index in [1.54, 1.807) is 0 Å². The van der Waals surface area contributed by atoms with E-state index in [9.17, 15) is 0 Å². The minimum Gasteiger partial charge on any atom is -0.0622 e. The van der Waals surface area contributed by atoms with Gasteiger partial charge in [0.25, 0.3) is 0 Å². The minimum absolute atomic E-state index is 0.152. The molecule has 11 aromatic carbocycles. The lowest BCUT2D eigenvalue weighted by molar-refractivity contribution is 0.980. The predicted molar refractivity (Wildman–Crippen MR) is 260 cm³/mol. The van der Waals surface area contributed by atoms with Crippen LogP contribution in [0.3, 0.4) is 0 Å². The van der Waals surface area contributed by atoms with Crippen molar-refractivity contribution in [3.8, 4) is 55.6 Å². The van der Waals surface area contributed by atoms with Gasteiger partial charge in [-0.25, -0.2) is 0 Å². The van der Waals surface area contributed by atoms with Gasteiger partial charge < -0.3 is 0 Å². The molecule has 61 heavy (non-hydrogen) atoms. The fourth-order valence-corrected chi connectivity index (χ4v) is 9.67. The predicted octanol–water partition coefficient (Wildman–Crippen LogP) is 16.7. The molecule has 0 saturated heterocycles. The van der Waals surface area contributed by atoms with Crippen LogP contribution in [0.1, 0.15) is 22.6 Å². The van der Waals surface area contributed by atoms with Crippen LogP contribution >= 0.6 is 0 Å². The first-order valence-corrected chi connectivity index (χ1v) is 21.2. The van der Waals surface area contributed by atoms with Crippen LogP contribution in [-0.4, -0.2) is 0 Å². The number of hydrogen-bond donors (Lipinski definition) is 0. The SMILES string of the molecule is c1ccc(-c2c(-c3ccccc3)c(-c3ccccc3)c3c(-c4ccc5c(ccc6cc(C(c7ccccc7)c7ccccc7)ccc65)c4)cccc3c2-c2ccccc2)cc1. The molecule has 0 aliphatic heterocycles. The molecule has 0 heterocycles. The molecule has 0 aliphatic rings. The Hall–Kier alpha value is -7.80. The molecule has 0 atom stereocenters. The molecule has 286 valence electrons. The lowest BCUT2D eigenvalue weighted by Crippen LogP contribution is -2.03. The van der Waals surface area contributed by atoms with E-state index < -0.39 is 0 Å². The van der Waals surface area contributed by atoms with Crippen molar-refractivity contribution in [1.82, 2.24) is 0 Å². The molecule has 0 heteroatoms. The minimum atomic E-state index is 0.152. The van der Waals surface area contributed by atoms with E-state index >= 15 is 0 Å². The van der Waals surface area contributed by atoms with Crippen LogP contribution in [-0.2, 0) is 0 Å². The molecule has 0 N–H and O–H groups in total. The molecule has 11 aromatic rings. The third-order valence-electron chi connectivity index (χ3n) is 12.4. The van der Waals surface area contributed by atoms with E-state index in [-0.39, 0.29) is 5.92 Å². The average molecular weight is 775 g/mol. The summed E-state index contributed by atoms with van der Waals surface area (Å²) in [4.78, 5) is 0. The second kappa shape index (κ2) is 15.8. The molecule has 0 aliphatic carbocycles. The maximum Gasteiger partial charge on any atom is 0.0340 e. The fourth-order valence-electron chi connectivity index (χ4n) is 9.67. The van der Waals surface area contributed by atoms with E-state index in [0.29, 0.717) is 0 Å². The molecule has 0 saturated carbocycles. The largest absolute Gasteiger partial charge is 0.0622 e. The maximum atomic E-state index is 2.40. The molecular formula is C61H42.